The van der Waals surface area contributed by atoms with Crippen molar-refractivity contribution >= 4 is 34.1 Å². The number of aliphatic hydroxyl groups excluding tert-OH is 1. The van der Waals surface area contributed by atoms with Crippen LogP contribution < -0.4 is 10.1 Å². The summed E-state index contributed by atoms with van der Waals surface area (Å²) in [6.45, 7) is 3.78. The highest BCUT2D eigenvalue weighted by atomic mass is 35.5. The fourth-order valence-corrected chi connectivity index (χ4v) is 5.59. The number of aliphatic hydroxyl groups is 1. The molecule has 2 aromatic carbocycles. The van der Waals surface area contributed by atoms with Gasteiger partial charge < -0.3 is 15.2 Å². The van der Waals surface area contributed by atoms with Crippen LogP contribution in [0.4, 0.5) is 20.3 Å². The number of aromatic nitrogens is 5. The second-order valence-corrected chi connectivity index (χ2v) is 10.7. The van der Waals surface area contributed by atoms with Gasteiger partial charge in [0, 0.05) is 42.6 Å². The number of alkyl halides is 2. The van der Waals surface area contributed by atoms with E-state index in [1.54, 1.807) is 18.5 Å². The van der Waals surface area contributed by atoms with Crippen LogP contribution in [0.1, 0.15) is 29.8 Å². The molecule has 5 aromatic rings. The zero-order valence-corrected chi connectivity index (χ0v) is 24.2. The third-order valence-electron chi connectivity index (χ3n) is 7.43. The maximum atomic E-state index is 13.9. The number of likely N-dealkylation sites (tertiary alicyclic amines) is 1. The first-order valence-corrected chi connectivity index (χ1v) is 14.1. The van der Waals surface area contributed by atoms with E-state index in [-0.39, 0.29) is 11.9 Å². The second kappa shape index (κ2) is 12.1. The summed E-state index contributed by atoms with van der Waals surface area (Å²) < 4.78 is 33.0. The molecule has 6 rings (SSSR count). The maximum absolute atomic E-state index is 13.9. The first-order chi connectivity index (χ1) is 20.8. The summed E-state index contributed by atoms with van der Waals surface area (Å²) in [4.78, 5) is 23.6. The van der Waals surface area contributed by atoms with Gasteiger partial charge in [-0.1, -0.05) is 41.9 Å². The van der Waals surface area contributed by atoms with Crippen LogP contribution in [0, 0.1) is 6.92 Å². The Morgan fingerprint density at radius 2 is 1.86 bits per heavy atom. The molecule has 4 heterocycles. The quantitative estimate of drug-likeness (QED) is 0.209. The van der Waals surface area contributed by atoms with Crippen LogP contribution in [0.25, 0.3) is 33.4 Å². The molecule has 0 saturated carbocycles. The van der Waals surface area contributed by atoms with Gasteiger partial charge in [-0.15, -0.1) is 0 Å². The van der Waals surface area contributed by atoms with Gasteiger partial charge in [0.1, 0.15) is 5.52 Å². The Morgan fingerprint density at radius 1 is 1.07 bits per heavy atom. The number of anilines is 2. The van der Waals surface area contributed by atoms with Gasteiger partial charge in [-0.3, -0.25) is 14.9 Å². The molecule has 1 atom stereocenters. The molecule has 0 aliphatic carbocycles. The van der Waals surface area contributed by atoms with Crippen molar-refractivity contribution in [3.63, 3.8) is 0 Å². The van der Waals surface area contributed by atoms with Crippen LogP contribution in [0.2, 0.25) is 5.02 Å². The molecular weight excluding hydrogens is 576 g/mol. The molecule has 0 radical (unpaired) electrons. The molecule has 0 spiro atoms. The Kier molecular flexibility index (Phi) is 8.11. The molecule has 3 aromatic heterocycles. The van der Waals surface area contributed by atoms with E-state index >= 15 is 0 Å². The molecule has 43 heavy (non-hydrogen) atoms. The SMILES string of the molecule is COc1cncc(-c2cccc(-c3cccc(Nc4nc(C(F)F)nc5cc(CN6CC[C@@H](O)C6)cnc45)c3C)c2Cl)n1. The highest BCUT2D eigenvalue weighted by Gasteiger charge is 2.22. The van der Waals surface area contributed by atoms with Gasteiger partial charge >= 0.3 is 0 Å². The summed E-state index contributed by atoms with van der Waals surface area (Å²) in [5.41, 5.74) is 5.84. The molecule has 0 unspecified atom stereocenters. The Bertz CT molecular complexity index is 1810. The summed E-state index contributed by atoms with van der Waals surface area (Å²) in [6.07, 6.45) is 2.31. The van der Waals surface area contributed by atoms with Crippen LogP contribution in [-0.4, -0.2) is 61.2 Å². The van der Waals surface area contributed by atoms with Crippen LogP contribution >= 0.6 is 11.6 Å². The minimum Gasteiger partial charge on any atom is -0.480 e. The van der Waals surface area contributed by atoms with Gasteiger partial charge in [-0.25, -0.2) is 23.7 Å². The zero-order valence-electron chi connectivity index (χ0n) is 23.4. The number of pyridine rings is 1. The summed E-state index contributed by atoms with van der Waals surface area (Å²) >= 11 is 6.91. The lowest BCUT2D eigenvalue weighted by molar-refractivity contribution is 0.141. The summed E-state index contributed by atoms with van der Waals surface area (Å²) in [7, 11) is 1.52. The number of β-amino-alcohol motifs (C(OH)–C–C–N with tert-alkyl or cyclic N) is 1. The number of benzene rings is 2. The lowest BCUT2D eigenvalue weighted by atomic mass is 9.96. The molecule has 0 bridgehead atoms. The molecule has 2 N–H and O–H groups in total. The predicted octanol–water partition coefficient (Wildman–Crippen LogP) is 6.37. The highest BCUT2D eigenvalue weighted by molar-refractivity contribution is 6.36. The van der Waals surface area contributed by atoms with Crippen molar-refractivity contribution in [3.05, 3.63) is 83.0 Å². The lowest BCUT2D eigenvalue weighted by Crippen LogP contribution is -2.21. The van der Waals surface area contributed by atoms with Gasteiger partial charge in [-0.2, -0.15) is 0 Å². The fraction of sp³-hybridized carbons (Fsp3) is 0.258. The van der Waals surface area contributed by atoms with E-state index in [2.05, 4.69) is 35.1 Å². The van der Waals surface area contributed by atoms with Gasteiger partial charge in [0.25, 0.3) is 6.43 Å². The Hall–Kier alpha value is -4.32. The number of hydrogen-bond acceptors (Lipinski definition) is 9. The van der Waals surface area contributed by atoms with E-state index in [0.29, 0.717) is 58.4 Å². The van der Waals surface area contributed by atoms with E-state index in [9.17, 15) is 13.9 Å². The molecule has 1 saturated heterocycles. The summed E-state index contributed by atoms with van der Waals surface area (Å²) in [5, 5.41) is 13.6. The van der Waals surface area contributed by atoms with E-state index in [1.807, 2.05) is 43.3 Å². The minimum absolute atomic E-state index is 0.176. The van der Waals surface area contributed by atoms with E-state index in [1.165, 1.54) is 13.3 Å². The van der Waals surface area contributed by atoms with Crippen LogP contribution in [-0.2, 0) is 6.54 Å². The average molecular weight is 604 g/mol. The number of rotatable bonds is 8. The van der Waals surface area contributed by atoms with E-state index < -0.39 is 12.2 Å². The normalized spacial score (nSPS) is 15.4. The number of nitrogens with zero attached hydrogens (tertiary/aromatic N) is 6. The number of fused-ring (bicyclic) bond motifs is 1. The standard InChI is InChI=1S/C31H28ClF2N7O2/c1-17-20(21-6-3-7-22(27(21)32)25-13-35-14-26(37-25)43-2)5-4-8-23(17)38-30-28-24(39-31(40-30)29(33)34)11-18(12-36-28)15-41-10-9-19(42)16-41/h3-8,11-14,19,29,42H,9-10,15-16H2,1-2H3,(H,38,39,40)/t19-/m1/s1. The molecule has 1 fully saturated rings. The van der Waals surface area contributed by atoms with Crippen molar-refractivity contribution in [2.75, 3.05) is 25.5 Å². The predicted molar refractivity (Wildman–Crippen MR) is 161 cm³/mol. The van der Waals surface area contributed by atoms with Crippen molar-refractivity contribution in [1.29, 1.82) is 0 Å². The molecule has 9 nitrogen and oxygen atoms in total. The third-order valence-corrected chi connectivity index (χ3v) is 7.84. The van der Waals surface area contributed by atoms with Crippen molar-refractivity contribution in [1.82, 2.24) is 29.8 Å². The Balaban J connectivity index is 1.36. The van der Waals surface area contributed by atoms with Crippen molar-refractivity contribution in [2.45, 2.75) is 32.4 Å². The summed E-state index contributed by atoms with van der Waals surface area (Å²) in [5.74, 6) is -0.0399. The first-order valence-electron chi connectivity index (χ1n) is 13.7. The minimum atomic E-state index is -2.86. The number of ether oxygens (including phenoxy) is 1. The third kappa shape index (κ3) is 5.96. The van der Waals surface area contributed by atoms with Crippen LogP contribution in [0.15, 0.2) is 61.1 Å². The number of halogens is 3. The van der Waals surface area contributed by atoms with Crippen LogP contribution in [0.3, 0.4) is 0 Å². The smallest absolute Gasteiger partial charge is 0.297 e. The van der Waals surface area contributed by atoms with E-state index in [0.717, 1.165) is 28.8 Å². The highest BCUT2D eigenvalue weighted by Crippen LogP contribution is 2.39. The molecule has 220 valence electrons. The fourth-order valence-electron chi connectivity index (χ4n) is 5.27. The molecule has 12 heteroatoms. The maximum Gasteiger partial charge on any atom is 0.297 e. The largest absolute Gasteiger partial charge is 0.480 e. The number of nitrogens with one attached hydrogen (secondary N) is 1. The van der Waals surface area contributed by atoms with Crippen molar-refractivity contribution in [3.8, 4) is 28.3 Å². The van der Waals surface area contributed by atoms with E-state index in [4.69, 9.17) is 16.3 Å². The summed E-state index contributed by atoms with van der Waals surface area (Å²) in [6, 6.07) is 13.0. The zero-order chi connectivity index (χ0) is 30.1. The monoisotopic (exact) mass is 603 g/mol. The number of methoxy groups -OCH3 is 1. The second-order valence-electron chi connectivity index (χ2n) is 10.3. The molecule has 1 aliphatic rings. The molecule has 0 amide bonds. The van der Waals surface area contributed by atoms with Gasteiger partial charge in [0.15, 0.2) is 11.6 Å². The van der Waals surface area contributed by atoms with Gasteiger partial charge in [-0.05, 0) is 42.2 Å². The molecule has 1 aliphatic heterocycles. The Morgan fingerprint density at radius 3 is 2.63 bits per heavy atom. The van der Waals surface area contributed by atoms with Crippen molar-refractivity contribution in [2.24, 2.45) is 0 Å². The topological polar surface area (TPSA) is 109 Å². The van der Waals surface area contributed by atoms with Gasteiger partial charge in [0.05, 0.1) is 41.8 Å². The Labute approximate surface area is 251 Å². The van der Waals surface area contributed by atoms with Crippen LogP contribution in [0.5, 0.6) is 5.88 Å². The number of hydrogen-bond donors (Lipinski definition) is 2. The molecular formula is C31H28ClF2N7O2. The first kappa shape index (κ1) is 28.8. The average Bonchev–Trinajstić information content (AvgIpc) is 3.42. The van der Waals surface area contributed by atoms with Crippen molar-refractivity contribution < 1.29 is 18.6 Å². The lowest BCUT2D eigenvalue weighted by Gasteiger charge is -2.17. The van der Waals surface area contributed by atoms with Gasteiger partial charge in [0.2, 0.25) is 5.88 Å².